The van der Waals surface area contributed by atoms with E-state index in [0.717, 1.165) is 10.4 Å². The zero-order chi connectivity index (χ0) is 23.8. The van der Waals surface area contributed by atoms with Crippen LogP contribution in [0.3, 0.4) is 0 Å². The van der Waals surface area contributed by atoms with Gasteiger partial charge in [0.05, 0.1) is 12.7 Å². The molecule has 4 rings (SSSR count). The van der Waals surface area contributed by atoms with Crippen LogP contribution in [0.4, 0.5) is 0 Å². The van der Waals surface area contributed by atoms with Crippen LogP contribution in [0.1, 0.15) is 20.8 Å². The third-order valence-corrected chi connectivity index (χ3v) is 10.2. The molecule has 1 saturated heterocycles. The molecule has 1 aliphatic rings. The standard InChI is InChI=1S/C25H30N2O5Si/c1-24(2,3)22-21(30)19(16-28)32-25(22,27-15-14-20(29)26-23(27)31)33(17-10-6-4-7-11-17)18-12-8-5-9-13-18/h4-15,19,21-22,28,30,33H,16H2,1-3H3,(H,26,29,31)/t19-,21-,22+,25+/m1/s1. The van der Waals surface area contributed by atoms with E-state index in [4.69, 9.17) is 4.74 Å². The number of hydrogen-bond acceptors (Lipinski definition) is 5. The van der Waals surface area contributed by atoms with E-state index in [9.17, 15) is 19.8 Å². The van der Waals surface area contributed by atoms with Crippen LogP contribution in [0.25, 0.3) is 0 Å². The summed E-state index contributed by atoms with van der Waals surface area (Å²) in [5.41, 5.74) is -1.62. The second-order valence-electron chi connectivity index (χ2n) is 9.66. The van der Waals surface area contributed by atoms with Gasteiger partial charge < -0.3 is 14.9 Å². The summed E-state index contributed by atoms with van der Waals surface area (Å²) in [5, 5.41) is 22.3. The predicted molar refractivity (Wildman–Crippen MR) is 130 cm³/mol. The maximum atomic E-state index is 13.3. The van der Waals surface area contributed by atoms with Crippen LogP contribution in [0.15, 0.2) is 82.5 Å². The van der Waals surface area contributed by atoms with Crippen molar-refractivity contribution in [1.29, 1.82) is 0 Å². The number of nitrogens with one attached hydrogen (secondary N) is 1. The number of rotatable bonds is 5. The summed E-state index contributed by atoms with van der Waals surface area (Å²) in [6.07, 6.45) is -0.440. The molecule has 3 aromatic rings. The number of nitrogens with zero attached hydrogens (tertiary/aromatic N) is 1. The molecule has 33 heavy (non-hydrogen) atoms. The van der Waals surface area contributed by atoms with E-state index in [1.54, 1.807) is 0 Å². The van der Waals surface area contributed by atoms with Crippen molar-refractivity contribution < 1.29 is 14.9 Å². The molecule has 1 fully saturated rings. The molecule has 0 spiro atoms. The zero-order valence-corrected chi connectivity index (χ0v) is 20.2. The highest BCUT2D eigenvalue weighted by Gasteiger charge is 2.64. The Hall–Kier alpha value is -2.78. The minimum absolute atomic E-state index is 0.391. The Morgan fingerprint density at radius 1 is 1.00 bits per heavy atom. The largest absolute Gasteiger partial charge is 0.394 e. The zero-order valence-electron chi connectivity index (χ0n) is 19.0. The Labute approximate surface area is 193 Å². The predicted octanol–water partition coefficient (Wildman–Crippen LogP) is 0.184. The lowest BCUT2D eigenvalue weighted by atomic mass is 9.76. The van der Waals surface area contributed by atoms with Crippen molar-refractivity contribution in [3.05, 3.63) is 93.8 Å². The summed E-state index contributed by atoms with van der Waals surface area (Å²) >= 11 is 0. The normalized spacial score (nSPS) is 25.5. The molecule has 3 N–H and O–H groups in total. The second kappa shape index (κ2) is 8.87. The monoisotopic (exact) mass is 466 g/mol. The highest BCUT2D eigenvalue weighted by molar-refractivity contribution is 6.86. The number of ether oxygens (including phenoxy) is 1. The van der Waals surface area contributed by atoms with Crippen LogP contribution in [-0.4, -0.2) is 47.4 Å². The van der Waals surface area contributed by atoms with E-state index in [1.807, 2.05) is 81.4 Å². The first-order valence-electron chi connectivity index (χ1n) is 11.1. The highest BCUT2D eigenvalue weighted by Crippen LogP contribution is 2.50. The molecule has 0 unspecified atom stereocenters. The van der Waals surface area contributed by atoms with Crippen LogP contribution in [0.2, 0.25) is 0 Å². The topological polar surface area (TPSA) is 105 Å². The fourth-order valence-electron chi connectivity index (χ4n) is 5.37. The quantitative estimate of drug-likeness (QED) is 0.466. The minimum Gasteiger partial charge on any atom is -0.394 e. The minimum atomic E-state index is -2.51. The molecular weight excluding hydrogens is 436 g/mol. The van der Waals surface area contributed by atoms with Crippen molar-refractivity contribution in [3.8, 4) is 0 Å². The number of hydrogen-bond donors (Lipinski definition) is 3. The average Bonchev–Trinajstić information content (AvgIpc) is 3.08. The summed E-state index contributed by atoms with van der Waals surface area (Å²) in [7, 11) is -2.51. The molecule has 174 valence electrons. The lowest BCUT2D eigenvalue weighted by Gasteiger charge is -2.47. The Kier molecular flexibility index (Phi) is 6.28. The molecular formula is C25H30N2O5Si. The van der Waals surface area contributed by atoms with Gasteiger partial charge in [-0.2, -0.15) is 0 Å². The van der Waals surface area contributed by atoms with Gasteiger partial charge in [0.1, 0.15) is 11.5 Å². The molecule has 4 atom stereocenters. The van der Waals surface area contributed by atoms with Crippen molar-refractivity contribution in [2.45, 2.75) is 38.3 Å². The van der Waals surface area contributed by atoms with E-state index < -0.39 is 55.5 Å². The van der Waals surface area contributed by atoms with Gasteiger partial charge >= 0.3 is 5.69 Å². The van der Waals surface area contributed by atoms with Crippen LogP contribution in [0.5, 0.6) is 0 Å². The molecule has 2 heterocycles. The molecule has 0 aliphatic carbocycles. The van der Waals surface area contributed by atoms with Gasteiger partial charge in [0.15, 0.2) is 8.80 Å². The van der Waals surface area contributed by atoms with Crippen LogP contribution in [0, 0.1) is 11.3 Å². The highest BCUT2D eigenvalue weighted by atomic mass is 28.3. The van der Waals surface area contributed by atoms with Gasteiger partial charge in [-0.25, -0.2) is 4.79 Å². The van der Waals surface area contributed by atoms with Gasteiger partial charge in [-0.15, -0.1) is 0 Å². The fourth-order valence-corrected chi connectivity index (χ4v) is 9.77. The van der Waals surface area contributed by atoms with E-state index >= 15 is 0 Å². The first-order chi connectivity index (χ1) is 15.7. The summed E-state index contributed by atoms with van der Waals surface area (Å²) in [6.45, 7) is 5.60. The summed E-state index contributed by atoms with van der Waals surface area (Å²) in [4.78, 5) is 27.6. The van der Waals surface area contributed by atoms with Crippen molar-refractivity contribution in [2.75, 3.05) is 6.61 Å². The SMILES string of the molecule is CC(C)(C)[C@@H]1[C@H](O)[C@@H](CO)O[C@]1(n1ccc(=O)[nH]c1=O)[SiH](c1ccccc1)c1ccccc1. The van der Waals surface area contributed by atoms with Crippen LogP contribution >= 0.6 is 0 Å². The van der Waals surface area contributed by atoms with E-state index in [2.05, 4.69) is 4.98 Å². The summed E-state index contributed by atoms with van der Waals surface area (Å²) in [5.74, 6) is -0.553. The molecule has 0 amide bonds. The van der Waals surface area contributed by atoms with Gasteiger partial charge in [0.25, 0.3) is 5.56 Å². The average molecular weight is 467 g/mol. The molecule has 0 radical (unpaired) electrons. The molecule has 1 aliphatic heterocycles. The van der Waals surface area contributed by atoms with Gasteiger partial charge in [-0.1, -0.05) is 91.8 Å². The number of aliphatic hydroxyl groups is 2. The van der Waals surface area contributed by atoms with Crippen LogP contribution in [-0.2, 0) is 10.1 Å². The number of aliphatic hydroxyl groups excluding tert-OH is 2. The van der Waals surface area contributed by atoms with Crippen molar-refractivity contribution >= 4 is 19.2 Å². The Balaban J connectivity index is 2.13. The second-order valence-corrected chi connectivity index (χ2v) is 12.7. The Morgan fingerprint density at radius 2 is 1.55 bits per heavy atom. The van der Waals surface area contributed by atoms with E-state index in [-0.39, 0.29) is 0 Å². The Bertz CT molecular complexity index is 1170. The van der Waals surface area contributed by atoms with Gasteiger partial charge in [-0.3, -0.25) is 14.3 Å². The van der Waals surface area contributed by atoms with Gasteiger partial charge in [0.2, 0.25) is 0 Å². The third kappa shape index (κ3) is 4.04. The van der Waals surface area contributed by atoms with Crippen molar-refractivity contribution in [3.63, 3.8) is 0 Å². The van der Waals surface area contributed by atoms with Gasteiger partial charge in [0, 0.05) is 18.2 Å². The molecule has 7 nitrogen and oxygen atoms in total. The molecule has 1 aromatic heterocycles. The Morgan fingerprint density at radius 3 is 2.00 bits per heavy atom. The lowest BCUT2D eigenvalue weighted by molar-refractivity contribution is -0.0887. The fraction of sp³-hybridized carbons (Fsp3) is 0.360. The first kappa shape index (κ1) is 23.4. The molecule has 8 heteroatoms. The molecule has 2 aromatic carbocycles. The van der Waals surface area contributed by atoms with Gasteiger partial charge in [-0.05, 0) is 5.41 Å². The van der Waals surface area contributed by atoms with Crippen molar-refractivity contribution in [1.82, 2.24) is 9.55 Å². The van der Waals surface area contributed by atoms with E-state index in [1.165, 1.54) is 16.8 Å². The van der Waals surface area contributed by atoms with Crippen molar-refractivity contribution in [2.24, 2.45) is 11.3 Å². The molecule has 0 bridgehead atoms. The number of benzene rings is 2. The summed E-state index contributed by atoms with van der Waals surface area (Å²) < 4.78 is 8.07. The summed E-state index contributed by atoms with van der Waals surface area (Å²) in [6, 6.07) is 21.0. The first-order valence-corrected chi connectivity index (χ1v) is 12.8. The maximum absolute atomic E-state index is 13.3. The maximum Gasteiger partial charge on any atom is 0.330 e. The van der Waals surface area contributed by atoms with Crippen LogP contribution < -0.4 is 21.6 Å². The van der Waals surface area contributed by atoms with E-state index in [0.29, 0.717) is 0 Å². The third-order valence-electron chi connectivity index (χ3n) is 6.50. The molecule has 0 saturated carbocycles. The lowest BCUT2D eigenvalue weighted by Crippen LogP contribution is -2.68. The number of aromatic amines is 1. The smallest absolute Gasteiger partial charge is 0.330 e. The number of H-pyrrole nitrogens is 1. The number of aromatic nitrogens is 2.